The van der Waals surface area contributed by atoms with E-state index in [0.29, 0.717) is 12.0 Å². The summed E-state index contributed by atoms with van der Waals surface area (Å²) in [5.74, 6) is 0.626. The highest BCUT2D eigenvalue weighted by Gasteiger charge is 2.20. The van der Waals surface area contributed by atoms with Crippen molar-refractivity contribution >= 4 is 0 Å². The van der Waals surface area contributed by atoms with Gasteiger partial charge >= 0.3 is 0 Å². The number of hydrogen-bond donors (Lipinski definition) is 0. The van der Waals surface area contributed by atoms with Crippen LogP contribution >= 0.6 is 0 Å². The fourth-order valence-electron chi connectivity index (χ4n) is 2.42. The lowest BCUT2D eigenvalue weighted by Crippen LogP contribution is -2.15. The second kappa shape index (κ2) is 5.65. The van der Waals surface area contributed by atoms with Crippen LogP contribution in [0.3, 0.4) is 0 Å². The lowest BCUT2D eigenvalue weighted by molar-refractivity contribution is 0.106. The molecule has 2 aliphatic rings. The average molecular weight is 222 g/mol. The summed E-state index contributed by atoms with van der Waals surface area (Å²) in [6.07, 6.45) is 8.24. The zero-order valence-corrected chi connectivity index (χ0v) is 10.4. The molecule has 2 unspecified atom stereocenters. The maximum atomic E-state index is 5.77. The minimum absolute atomic E-state index is 0.341. The minimum atomic E-state index is 0.341. The quantitative estimate of drug-likeness (QED) is 0.680. The summed E-state index contributed by atoms with van der Waals surface area (Å²) in [5, 5.41) is 0. The SMILES string of the molecule is CCC1=CC(CC(C)C2=CCOCC2)OC1. The Morgan fingerprint density at radius 2 is 2.38 bits per heavy atom. The fourth-order valence-corrected chi connectivity index (χ4v) is 2.42. The van der Waals surface area contributed by atoms with Gasteiger partial charge in [-0.3, -0.25) is 0 Å². The molecule has 0 amide bonds. The Balaban J connectivity index is 1.85. The van der Waals surface area contributed by atoms with E-state index >= 15 is 0 Å². The van der Waals surface area contributed by atoms with Crippen molar-refractivity contribution in [3.63, 3.8) is 0 Å². The van der Waals surface area contributed by atoms with Gasteiger partial charge in [0.1, 0.15) is 0 Å². The molecule has 0 saturated heterocycles. The average Bonchev–Trinajstić information content (AvgIpc) is 2.78. The van der Waals surface area contributed by atoms with Crippen LogP contribution in [0.2, 0.25) is 0 Å². The molecule has 0 saturated carbocycles. The Bertz CT molecular complexity index is 291. The Morgan fingerprint density at radius 3 is 3.00 bits per heavy atom. The monoisotopic (exact) mass is 222 g/mol. The van der Waals surface area contributed by atoms with Gasteiger partial charge in [0, 0.05) is 0 Å². The molecular formula is C14H22O2. The Hall–Kier alpha value is -0.600. The summed E-state index contributed by atoms with van der Waals surface area (Å²) in [5.41, 5.74) is 3.01. The van der Waals surface area contributed by atoms with Crippen molar-refractivity contribution in [3.8, 4) is 0 Å². The van der Waals surface area contributed by atoms with E-state index in [2.05, 4.69) is 26.0 Å². The lowest BCUT2D eigenvalue weighted by Gasteiger charge is -2.21. The standard InChI is InChI=1S/C14H22O2/c1-3-12-9-14(16-10-12)8-11(2)13-4-6-15-7-5-13/h4,9,11,14H,3,5-8,10H2,1-2H3. The van der Waals surface area contributed by atoms with E-state index in [1.807, 2.05) is 0 Å². The van der Waals surface area contributed by atoms with Gasteiger partial charge in [-0.05, 0) is 30.8 Å². The zero-order valence-electron chi connectivity index (χ0n) is 10.4. The Kier molecular flexibility index (Phi) is 4.19. The third kappa shape index (κ3) is 2.96. The van der Waals surface area contributed by atoms with E-state index in [9.17, 15) is 0 Å². The van der Waals surface area contributed by atoms with E-state index in [1.165, 1.54) is 5.57 Å². The van der Waals surface area contributed by atoms with Crippen molar-refractivity contribution in [2.24, 2.45) is 5.92 Å². The maximum Gasteiger partial charge on any atom is 0.0769 e. The molecule has 0 fully saturated rings. The number of rotatable bonds is 4. The predicted molar refractivity (Wildman–Crippen MR) is 65.4 cm³/mol. The van der Waals surface area contributed by atoms with Crippen LogP contribution in [0.4, 0.5) is 0 Å². The first kappa shape index (κ1) is 11.9. The van der Waals surface area contributed by atoms with Crippen molar-refractivity contribution in [2.45, 2.75) is 39.2 Å². The minimum Gasteiger partial charge on any atom is -0.377 e. The van der Waals surface area contributed by atoms with Crippen LogP contribution in [-0.2, 0) is 9.47 Å². The van der Waals surface area contributed by atoms with Crippen LogP contribution in [0, 0.1) is 5.92 Å². The smallest absolute Gasteiger partial charge is 0.0769 e. The van der Waals surface area contributed by atoms with Crippen molar-refractivity contribution in [2.75, 3.05) is 19.8 Å². The van der Waals surface area contributed by atoms with Gasteiger partial charge in [0.05, 0.1) is 25.9 Å². The van der Waals surface area contributed by atoms with Crippen LogP contribution < -0.4 is 0 Å². The molecule has 0 bridgehead atoms. The molecular weight excluding hydrogens is 200 g/mol. The molecule has 2 heterocycles. The van der Waals surface area contributed by atoms with Crippen molar-refractivity contribution < 1.29 is 9.47 Å². The van der Waals surface area contributed by atoms with Crippen molar-refractivity contribution in [1.82, 2.24) is 0 Å². The normalized spacial score (nSPS) is 27.5. The van der Waals surface area contributed by atoms with Gasteiger partial charge in [-0.1, -0.05) is 31.6 Å². The third-order valence-corrected chi connectivity index (χ3v) is 3.58. The number of hydrogen-bond acceptors (Lipinski definition) is 2. The molecule has 0 radical (unpaired) electrons. The van der Waals surface area contributed by atoms with Crippen LogP contribution in [0.25, 0.3) is 0 Å². The van der Waals surface area contributed by atoms with E-state index in [4.69, 9.17) is 9.47 Å². The van der Waals surface area contributed by atoms with Gasteiger partial charge in [-0.15, -0.1) is 0 Å². The molecule has 0 aliphatic carbocycles. The summed E-state index contributed by atoms with van der Waals surface area (Å²) in [4.78, 5) is 0. The van der Waals surface area contributed by atoms with Crippen molar-refractivity contribution in [1.29, 1.82) is 0 Å². The molecule has 2 rings (SSSR count). The summed E-state index contributed by atoms with van der Waals surface area (Å²) < 4.78 is 11.1. The Morgan fingerprint density at radius 1 is 1.50 bits per heavy atom. The summed E-state index contributed by atoms with van der Waals surface area (Å²) in [7, 11) is 0. The molecule has 2 aliphatic heterocycles. The lowest BCUT2D eigenvalue weighted by atomic mass is 9.91. The molecule has 2 nitrogen and oxygen atoms in total. The van der Waals surface area contributed by atoms with Crippen LogP contribution in [0.1, 0.15) is 33.1 Å². The molecule has 0 aromatic rings. The van der Waals surface area contributed by atoms with Gasteiger partial charge < -0.3 is 9.47 Å². The molecule has 0 aromatic heterocycles. The van der Waals surface area contributed by atoms with Gasteiger partial charge in [0.25, 0.3) is 0 Å². The highest BCUT2D eigenvalue weighted by molar-refractivity contribution is 5.14. The van der Waals surface area contributed by atoms with Gasteiger partial charge in [0.2, 0.25) is 0 Å². The van der Waals surface area contributed by atoms with E-state index in [0.717, 1.165) is 39.1 Å². The van der Waals surface area contributed by atoms with E-state index < -0.39 is 0 Å². The molecule has 90 valence electrons. The van der Waals surface area contributed by atoms with Crippen LogP contribution in [-0.4, -0.2) is 25.9 Å². The molecule has 0 N–H and O–H groups in total. The maximum absolute atomic E-state index is 5.77. The van der Waals surface area contributed by atoms with Gasteiger partial charge in [0.15, 0.2) is 0 Å². The Labute approximate surface area is 98.3 Å². The molecule has 16 heavy (non-hydrogen) atoms. The second-order valence-corrected chi connectivity index (χ2v) is 4.77. The first-order valence-corrected chi connectivity index (χ1v) is 6.37. The largest absolute Gasteiger partial charge is 0.377 e. The second-order valence-electron chi connectivity index (χ2n) is 4.77. The van der Waals surface area contributed by atoms with Gasteiger partial charge in [-0.2, -0.15) is 0 Å². The highest BCUT2D eigenvalue weighted by Crippen LogP contribution is 2.26. The summed E-state index contributed by atoms with van der Waals surface area (Å²) in [6, 6.07) is 0. The summed E-state index contributed by atoms with van der Waals surface area (Å²) >= 11 is 0. The predicted octanol–water partition coefficient (Wildman–Crippen LogP) is 3.09. The third-order valence-electron chi connectivity index (χ3n) is 3.58. The zero-order chi connectivity index (χ0) is 11.4. The van der Waals surface area contributed by atoms with Gasteiger partial charge in [-0.25, -0.2) is 0 Å². The molecule has 0 spiro atoms. The molecule has 2 atom stereocenters. The topological polar surface area (TPSA) is 18.5 Å². The van der Waals surface area contributed by atoms with E-state index in [-0.39, 0.29) is 0 Å². The van der Waals surface area contributed by atoms with E-state index in [1.54, 1.807) is 5.57 Å². The summed E-state index contributed by atoms with van der Waals surface area (Å²) in [6.45, 7) is 7.02. The first-order chi connectivity index (χ1) is 7.79. The van der Waals surface area contributed by atoms with Crippen molar-refractivity contribution in [3.05, 3.63) is 23.3 Å². The first-order valence-electron chi connectivity index (χ1n) is 6.37. The number of ether oxygens (including phenoxy) is 2. The molecule has 2 heteroatoms. The van der Waals surface area contributed by atoms with Crippen LogP contribution in [0.5, 0.6) is 0 Å². The van der Waals surface area contributed by atoms with Crippen LogP contribution in [0.15, 0.2) is 23.3 Å². The fraction of sp³-hybridized carbons (Fsp3) is 0.714. The highest BCUT2D eigenvalue weighted by atomic mass is 16.5. The molecule has 0 aromatic carbocycles.